The Bertz CT molecular complexity index is 1390. The van der Waals surface area contributed by atoms with Crippen LogP contribution in [0.5, 0.6) is 0 Å². The van der Waals surface area contributed by atoms with Crippen molar-refractivity contribution in [1.29, 1.82) is 0 Å². The van der Waals surface area contributed by atoms with Crippen LogP contribution >= 0.6 is 27.5 Å². The summed E-state index contributed by atoms with van der Waals surface area (Å²) in [5, 5.41) is 3.48. The van der Waals surface area contributed by atoms with Gasteiger partial charge in [0.25, 0.3) is 0 Å². The first-order chi connectivity index (χ1) is 18.9. The molecule has 0 saturated heterocycles. The lowest BCUT2D eigenvalue weighted by molar-refractivity contribution is -0.141. The normalized spacial score (nSPS) is 12.2. The largest absolute Gasteiger partial charge is 0.352 e. The average molecular weight is 649 g/mol. The molecule has 0 heterocycles. The smallest absolute Gasteiger partial charge is 0.243 e. The van der Waals surface area contributed by atoms with Crippen molar-refractivity contribution in [3.05, 3.63) is 99.5 Å². The first-order valence-corrected chi connectivity index (χ1v) is 16.1. The van der Waals surface area contributed by atoms with Crippen LogP contribution in [-0.4, -0.2) is 50.0 Å². The number of anilines is 1. The maximum Gasteiger partial charge on any atom is 0.243 e. The van der Waals surface area contributed by atoms with E-state index in [4.69, 9.17) is 11.6 Å². The van der Waals surface area contributed by atoms with Crippen molar-refractivity contribution in [3.8, 4) is 0 Å². The van der Waals surface area contributed by atoms with Gasteiger partial charge in [0.2, 0.25) is 21.8 Å². The number of hydrogen-bond acceptors (Lipinski definition) is 4. The summed E-state index contributed by atoms with van der Waals surface area (Å²) in [7, 11) is -3.59. The van der Waals surface area contributed by atoms with Crippen LogP contribution in [0.2, 0.25) is 5.02 Å². The van der Waals surface area contributed by atoms with Crippen molar-refractivity contribution in [2.75, 3.05) is 17.1 Å². The molecule has 0 spiro atoms. The highest BCUT2D eigenvalue weighted by Gasteiger charge is 2.31. The zero-order valence-electron chi connectivity index (χ0n) is 22.9. The van der Waals surface area contributed by atoms with Gasteiger partial charge in [0.15, 0.2) is 0 Å². The van der Waals surface area contributed by atoms with Gasteiger partial charge in [0, 0.05) is 41.5 Å². The van der Waals surface area contributed by atoms with Crippen molar-refractivity contribution in [3.63, 3.8) is 0 Å². The zero-order valence-corrected chi connectivity index (χ0v) is 26.0. The van der Waals surface area contributed by atoms with Crippen LogP contribution in [-0.2, 0) is 32.6 Å². The van der Waals surface area contributed by atoms with Gasteiger partial charge < -0.3 is 10.2 Å². The molecular formula is C30H35BrClN3O4S. The summed E-state index contributed by atoms with van der Waals surface area (Å²) in [6.45, 7) is 4.11. The molecular weight excluding hydrogens is 614 g/mol. The van der Waals surface area contributed by atoms with E-state index in [9.17, 15) is 18.0 Å². The second kappa shape index (κ2) is 14.7. The standard InChI is InChI=1S/C30H35BrClN3O4S/c1-22(2)33-30(37)28(20-23-9-5-4-6-10-23)34(21-24-11-7-12-25(31)19-24)29(36)13-8-18-35(40(3,38)39)27-16-14-26(32)15-17-27/h4-7,9-12,14-17,19,22,28H,8,13,18,20-21H2,1-3H3,(H,33,37)/t28-/m0/s1. The summed E-state index contributed by atoms with van der Waals surface area (Å²) in [5.74, 6) is -0.467. The highest BCUT2D eigenvalue weighted by atomic mass is 79.9. The molecule has 0 saturated carbocycles. The first kappa shape index (κ1) is 31.6. The van der Waals surface area contributed by atoms with Gasteiger partial charge in [0.05, 0.1) is 11.9 Å². The highest BCUT2D eigenvalue weighted by molar-refractivity contribution is 9.10. The van der Waals surface area contributed by atoms with E-state index < -0.39 is 16.1 Å². The molecule has 0 bridgehead atoms. The summed E-state index contributed by atoms with van der Waals surface area (Å²) in [4.78, 5) is 28.9. The van der Waals surface area contributed by atoms with Crippen LogP contribution in [0, 0.1) is 0 Å². The molecule has 0 aromatic heterocycles. The number of nitrogens with one attached hydrogen (secondary N) is 1. The molecule has 214 valence electrons. The monoisotopic (exact) mass is 647 g/mol. The van der Waals surface area contributed by atoms with E-state index in [1.165, 1.54) is 4.31 Å². The van der Waals surface area contributed by atoms with Crippen LogP contribution in [0.4, 0.5) is 5.69 Å². The van der Waals surface area contributed by atoms with Crippen molar-refractivity contribution in [2.45, 2.75) is 51.7 Å². The summed E-state index contributed by atoms with van der Waals surface area (Å²) in [6.07, 6.45) is 1.82. The number of nitrogens with zero attached hydrogens (tertiary/aromatic N) is 2. The minimum atomic E-state index is -3.59. The van der Waals surface area contributed by atoms with Gasteiger partial charge in [-0.25, -0.2) is 8.42 Å². The Balaban J connectivity index is 1.87. The second-order valence-electron chi connectivity index (χ2n) is 9.94. The van der Waals surface area contributed by atoms with Gasteiger partial charge in [-0.15, -0.1) is 0 Å². The molecule has 40 heavy (non-hydrogen) atoms. The molecule has 0 aliphatic carbocycles. The molecule has 0 aliphatic heterocycles. The molecule has 0 fully saturated rings. The minimum absolute atomic E-state index is 0.0634. The number of amides is 2. The van der Waals surface area contributed by atoms with E-state index in [1.807, 2.05) is 68.4 Å². The van der Waals surface area contributed by atoms with Crippen molar-refractivity contribution < 1.29 is 18.0 Å². The van der Waals surface area contributed by atoms with Crippen molar-refractivity contribution in [2.24, 2.45) is 0 Å². The summed E-state index contributed by atoms with van der Waals surface area (Å²) < 4.78 is 27.2. The van der Waals surface area contributed by atoms with E-state index in [1.54, 1.807) is 29.2 Å². The lowest BCUT2D eigenvalue weighted by atomic mass is 10.0. The summed E-state index contributed by atoms with van der Waals surface area (Å²) >= 11 is 9.47. The summed E-state index contributed by atoms with van der Waals surface area (Å²) in [5.41, 5.74) is 2.28. The fourth-order valence-corrected chi connectivity index (χ4v) is 5.92. The molecule has 3 rings (SSSR count). The lowest BCUT2D eigenvalue weighted by Gasteiger charge is -2.32. The number of carbonyl (C=O) groups is 2. The summed E-state index contributed by atoms with van der Waals surface area (Å²) in [6, 6.07) is 22.9. The molecule has 3 aromatic carbocycles. The van der Waals surface area contributed by atoms with Crippen LogP contribution < -0.4 is 9.62 Å². The van der Waals surface area contributed by atoms with E-state index in [0.29, 0.717) is 17.1 Å². The van der Waals surface area contributed by atoms with Crippen molar-refractivity contribution in [1.82, 2.24) is 10.2 Å². The molecule has 3 aromatic rings. The van der Waals surface area contributed by atoms with E-state index >= 15 is 0 Å². The van der Waals surface area contributed by atoms with Crippen LogP contribution in [0.1, 0.15) is 37.8 Å². The first-order valence-electron chi connectivity index (χ1n) is 13.1. The molecule has 0 unspecified atom stereocenters. The highest BCUT2D eigenvalue weighted by Crippen LogP contribution is 2.22. The Morgan fingerprint density at radius 1 is 0.950 bits per heavy atom. The van der Waals surface area contributed by atoms with Crippen LogP contribution in [0.3, 0.4) is 0 Å². The fourth-order valence-electron chi connectivity index (χ4n) is 4.38. The molecule has 0 aliphatic rings. The number of carbonyl (C=O) groups excluding carboxylic acids is 2. The maximum absolute atomic E-state index is 13.8. The van der Waals surface area contributed by atoms with Gasteiger partial charge in [-0.2, -0.15) is 0 Å². The number of halogens is 2. The van der Waals surface area contributed by atoms with E-state index in [0.717, 1.165) is 21.9 Å². The molecule has 1 N–H and O–H groups in total. The van der Waals surface area contributed by atoms with Gasteiger partial charge in [-0.1, -0.05) is 70.0 Å². The van der Waals surface area contributed by atoms with E-state index in [2.05, 4.69) is 21.2 Å². The second-order valence-corrected chi connectivity index (χ2v) is 13.2. The lowest BCUT2D eigenvalue weighted by Crippen LogP contribution is -2.51. The number of sulfonamides is 1. The topological polar surface area (TPSA) is 86.8 Å². The van der Waals surface area contributed by atoms with E-state index in [-0.39, 0.29) is 43.8 Å². The maximum atomic E-state index is 13.8. The molecule has 0 radical (unpaired) electrons. The van der Waals surface area contributed by atoms with Crippen LogP contribution in [0.15, 0.2) is 83.3 Å². The Morgan fingerprint density at radius 2 is 1.60 bits per heavy atom. The molecule has 10 heteroatoms. The van der Waals surface area contributed by atoms with Gasteiger partial charge in [-0.05, 0) is 67.8 Å². The van der Waals surface area contributed by atoms with Gasteiger partial charge in [0.1, 0.15) is 6.04 Å². The predicted octanol–water partition coefficient (Wildman–Crippen LogP) is 5.81. The Kier molecular flexibility index (Phi) is 11.6. The Hall–Kier alpha value is -2.88. The number of rotatable bonds is 13. The molecule has 2 amide bonds. The third-order valence-corrected chi connectivity index (χ3v) is 8.15. The quantitative estimate of drug-likeness (QED) is 0.253. The van der Waals surface area contributed by atoms with Crippen molar-refractivity contribution >= 4 is 55.1 Å². The third-order valence-electron chi connectivity index (χ3n) is 6.21. The zero-order chi connectivity index (χ0) is 29.3. The number of benzene rings is 3. The average Bonchev–Trinajstić information content (AvgIpc) is 2.89. The van der Waals surface area contributed by atoms with Gasteiger partial charge >= 0.3 is 0 Å². The Labute approximate surface area is 250 Å². The SMILES string of the molecule is CC(C)NC(=O)[C@H](Cc1ccccc1)N(Cc1cccc(Br)c1)C(=O)CCCN(c1ccc(Cl)cc1)S(C)(=O)=O. The van der Waals surface area contributed by atoms with Crippen LogP contribution in [0.25, 0.3) is 0 Å². The molecule has 1 atom stereocenters. The fraction of sp³-hybridized carbons (Fsp3) is 0.333. The molecule has 7 nitrogen and oxygen atoms in total. The van der Waals surface area contributed by atoms with Gasteiger partial charge in [-0.3, -0.25) is 13.9 Å². The number of hydrogen-bond donors (Lipinski definition) is 1. The Morgan fingerprint density at radius 3 is 2.20 bits per heavy atom. The predicted molar refractivity (Wildman–Crippen MR) is 165 cm³/mol. The minimum Gasteiger partial charge on any atom is -0.352 e. The third kappa shape index (κ3) is 9.64.